The van der Waals surface area contributed by atoms with Gasteiger partial charge in [0.15, 0.2) is 0 Å². The fourth-order valence-corrected chi connectivity index (χ4v) is 2.04. The normalized spacial score (nSPS) is 20.3. The van der Waals surface area contributed by atoms with Gasteiger partial charge in [-0.25, -0.2) is 0 Å². The Morgan fingerprint density at radius 2 is 1.73 bits per heavy atom. The lowest BCUT2D eigenvalue weighted by Gasteiger charge is -2.49. The second-order valence-corrected chi connectivity index (χ2v) is 4.90. The number of hydrogen-bond donors (Lipinski definition) is 1. The van der Waals surface area contributed by atoms with Gasteiger partial charge in [0.05, 0.1) is 0 Å². The molecule has 1 aromatic carbocycles. The lowest BCUT2D eigenvalue weighted by molar-refractivity contribution is -0.116. The fraction of sp³-hybridized carbons (Fsp3) is 0.538. The van der Waals surface area contributed by atoms with Crippen LogP contribution in [0.1, 0.15) is 25.0 Å². The van der Waals surface area contributed by atoms with Crippen molar-refractivity contribution in [1.29, 1.82) is 0 Å². The van der Waals surface area contributed by atoms with E-state index in [0.717, 1.165) is 18.7 Å². The van der Waals surface area contributed by atoms with Gasteiger partial charge in [-0.05, 0) is 26.3 Å². The Labute approximate surface area is 91.5 Å². The predicted octanol–water partition coefficient (Wildman–Crippen LogP) is 1.91. The van der Waals surface area contributed by atoms with E-state index >= 15 is 0 Å². The maximum absolute atomic E-state index is 10.3. The number of aliphatic hydroxyl groups is 1. The molecule has 0 spiro atoms. The fourth-order valence-electron chi connectivity index (χ4n) is 2.04. The molecule has 0 aromatic heterocycles. The maximum Gasteiger partial charge on any atom is 0.115 e. The quantitative estimate of drug-likeness (QED) is 0.797. The Morgan fingerprint density at radius 3 is 2.20 bits per heavy atom. The van der Waals surface area contributed by atoms with E-state index in [0.29, 0.717) is 6.04 Å². The summed E-state index contributed by atoms with van der Waals surface area (Å²) in [4.78, 5) is 2.28. The number of rotatable bonds is 2. The molecule has 15 heavy (non-hydrogen) atoms. The van der Waals surface area contributed by atoms with E-state index in [9.17, 15) is 5.11 Å². The van der Waals surface area contributed by atoms with Crippen LogP contribution in [0.15, 0.2) is 24.3 Å². The van der Waals surface area contributed by atoms with Gasteiger partial charge in [0.2, 0.25) is 0 Å². The van der Waals surface area contributed by atoms with Gasteiger partial charge >= 0.3 is 0 Å². The average molecular weight is 205 g/mol. The Morgan fingerprint density at radius 1 is 1.20 bits per heavy atom. The van der Waals surface area contributed by atoms with Crippen LogP contribution in [0.2, 0.25) is 0 Å². The molecule has 2 heteroatoms. The summed E-state index contributed by atoms with van der Waals surface area (Å²) in [5, 5.41) is 10.3. The number of aryl methyl sites for hydroxylation is 1. The smallest absolute Gasteiger partial charge is 0.115 e. The zero-order valence-corrected chi connectivity index (χ0v) is 9.70. The highest BCUT2D eigenvalue weighted by atomic mass is 16.3. The van der Waals surface area contributed by atoms with Crippen molar-refractivity contribution in [3.8, 4) is 0 Å². The van der Waals surface area contributed by atoms with Gasteiger partial charge in [-0.15, -0.1) is 0 Å². The van der Waals surface area contributed by atoms with Gasteiger partial charge in [0, 0.05) is 19.1 Å². The summed E-state index contributed by atoms with van der Waals surface area (Å²) in [6.45, 7) is 7.90. The van der Waals surface area contributed by atoms with Crippen LogP contribution < -0.4 is 0 Å². The highest BCUT2D eigenvalue weighted by molar-refractivity contribution is 5.29. The first-order valence-corrected chi connectivity index (χ1v) is 5.55. The SMILES string of the molecule is Cc1ccc(C2(O)CN(C(C)C)C2)cc1. The van der Waals surface area contributed by atoms with E-state index in [2.05, 4.69) is 37.8 Å². The Hall–Kier alpha value is -0.860. The number of β-amino-alcohol motifs (C(OH)–C–C–N with tert-alkyl or cyclic N) is 1. The third-order valence-corrected chi connectivity index (χ3v) is 3.25. The molecule has 1 aliphatic heterocycles. The first kappa shape index (κ1) is 10.7. The standard InChI is InChI=1S/C13H19NO/c1-10(2)14-8-13(15,9-14)12-6-4-11(3)5-7-12/h4-7,10,15H,8-9H2,1-3H3. The molecule has 82 valence electrons. The van der Waals surface area contributed by atoms with E-state index in [4.69, 9.17) is 0 Å². The molecule has 0 bridgehead atoms. The van der Waals surface area contributed by atoms with Gasteiger partial charge in [0.1, 0.15) is 5.60 Å². The van der Waals surface area contributed by atoms with Crippen molar-refractivity contribution >= 4 is 0 Å². The van der Waals surface area contributed by atoms with Crippen molar-refractivity contribution in [2.75, 3.05) is 13.1 Å². The second-order valence-electron chi connectivity index (χ2n) is 4.90. The molecule has 1 aromatic rings. The van der Waals surface area contributed by atoms with E-state index in [1.165, 1.54) is 5.56 Å². The molecule has 2 rings (SSSR count). The van der Waals surface area contributed by atoms with Crippen molar-refractivity contribution in [3.05, 3.63) is 35.4 Å². The van der Waals surface area contributed by atoms with Crippen LogP contribution in [-0.4, -0.2) is 29.1 Å². The largest absolute Gasteiger partial charge is 0.382 e. The lowest BCUT2D eigenvalue weighted by atomic mass is 9.85. The zero-order chi connectivity index (χ0) is 11.1. The van der Waals surface area contributed by atoms with Crippen molar-refractivity contribution in [3.63, 3.8) is 0 Å². The topological polar surface area (TPSA) is 23.5 Å². The molecular formula is C13H19NO. The molecule has 0 saturated carbocycles. The van der Waals surface area contributed by atoms with Gasteiger partial charge in [0.25, 0.3) is 0 Å². The summed E-state index contributed by atoms with van der Waals surface area (Å²) in [5.41, 5.74) is 1.67. The zero-order valence-electron chi connectivity index (χ0n) is 9.70. The van der Waals surface area contributed by atoms with Crippen LogP contribution in [0.4, 0.5) is 0 Å². The maximum atomic E-state index is 10.3. The molecule has 1 N–H and O–H groups in total. The monoisotopic (exact) mass is 205 g/mol. The first-order valence-electron chi connectivity index (χ1n) is 5.55. The Balaban J connectivity index is 2.10. The van der Waals surface area contributed by atoms with E-state index in [1.54, 1.807) is 0 Å². The molecule has 0 atom stereocenters. The van der Waals surface area contributed by atoms with Crippen molar-refractivity contribution in [2.45, 2.75) is 32.4 Å². The van der Waals surface area contributed by atoms with Crippen LogP contribution >= 0.6 is 0 Å². The van der Waals surface area contributed by atoms with Gasteiger partial charge in [-0.1, -0.05) is 29.8 Å². The minimum Gasteiger partial charge on any atom is -0.382 e. The average Bonchev–Trinajstić information content (AvgIpc) is 2.13. The molecule has 1 fully saturated rings. The van der Waals surface area contributed by atoms with Crippen LogP contribution in [0.3, 0.4) is 0 Å². The molecule has 1 heterocycles. The highest BCUT2D eigenvalue weighted by Crippen LogP contribution is 2.32. The van der Waals surface area contributed by atoms with Gasteiger partial charge in [-0.2, -0.15) is 0 Å². The molecule has 1 saturated heterocycles. The van der Waals surface area contributed by atoms with Crippen LogP contribution in [0.5, 0.6) is 0 Å². The van der Waals surface area contributed by atoms with Crippen LogP contribution in [0, 0.1) is 6.92 Å². The summed E-state index contributed by atoms with van der Waals surface area (Å²) >= 11 is 0. The summed E-state index contributed by atoms with van der Waals surface area (Å²) in [6, 6.07) is 8.71. The number of likely N-dealkylation sites (tertiary alicyclic amines) is 1. The predicted molar refractivity (Wildman–Crippen MR) is 61.8 cm³/mol. The second kappa shape index (κ2) is 3.62. The Bertz CT molecular complexity index is 336. The van der Waals surface area contributed by atoms with E-state index in [-0.39, 0.29) is 0 Å². The molecule has 0 aliphatic carbocycles. The van der Waals surface area contributed by atoms with Crippen LogP contribution in [0.25, 0.3) is 0 Å². The van der Waals surface area contributed by atoms with Crippen LogP contribution in [-0.2, 0) is 5.60 Å². The summed E-state index contributed by atoms with van der Waals surface area (Å²) in [5.74, 6) is 0. The third-order valence-electron chi connectivity index (χ3n) is 3.25. The first-order chi connectivity index (χ1) is 7.01. The molecule has 1 aliphatic rings. The van der Waals surface area contributed by atoms with Crippen molar-refractivity contribution < 1.29 is 5.11 Å². The van der Waals surface area contributed by atoms with E-state index < -0.39 is 5.60 Å². The van der Waals surface area contributed by atoms with Crippen molar-refractivity contribution in [2.24, 2.45) is 0 Å². The molecule has 0 unspecified atom stereocenters. The number of benzene rings is 1. The number of hydrogen-bond acceptors (Lipinski definition) is 2. The van der Waals surface area contributed by atoms with Gasteiger partial charge in [-0.3, -0.25) is 4.90 Å². The lowest BCUT2D eigenvalue weighted by Crippen LogP contribution is -2.61. The Kier molecular flexibility index (Phi) is 2.57. The summed E-state index contributed by atoms with van der Waals surface area (Å²) < 4.78 is 0. The number of nitrogens with zero attached hydrogens (tertiary/aromatic N) is 1. The molecule has 0 radical (unpaired) electrons. The summed E-state index contributed by atoms with van der Waals surface area (Å²) in [6.07, 6.45) is 0. The molecule has 2 nitrogen and oxygen atoms in total. The minimum atomic E-state index is -0.613. The van der Waals surface area contributed by atoms with E-state index in [1.807, 2.05) is 12.1 Å². The van der Waals surface area contributed by atoms with Gasteiger partial charge < -0.3 is 5.11 Å². The molecular weight excluding hydrogens is 186 g/mol. The third kappa shape index (κ3) is 1.92. The van der Waals surface area contributed by atoms with Crippen molar-refractivity contribution in [1.82, 2.24) is 4.90 Å². The minimum absolute atomic E-state index is 0.524. The molecule has 0 amide bonds. The highest BCUT2D eigenvalue weighted by Gasteiger charge is 2.43. The summed E-state index contributed by atoms with van der Waals surface area (Å²) in [7, 11) is 0.